The Bertz CT molecular complexity index is 2890. The molecule has 73 heavy (non-hydrogen) atoms. The number of esters is 1. The first-order valence-corrected chi connectivity index (χ1v) is 27.2. The van der Waals surface area contributed by atoms with Gasteiger partial charge in [0.2, 0.25) is 0 Å². The molecular weight excluding hydrogens is 932 g/mol. The van der Waals surface area contributed by atoms with Gasteiger partial charge in [-0.2, -0.15) is 5.26 Å². The Kier molecular flexibility index (Phi) is 20.0. The fourth-order valence-corrected chi connectivity index (χ4v) is 10.7. The summed E-state index contributed by atoms with van der Waals surface area (Å²) in [6, 6.07) is 22.4. The maximum absolute atomic E-state index is 14.5. The monoisotopic (exact) mass is 1010 g/mol. The number of hydrogen-bond donors (Lipinski definition) is 3. The van der Waals surface area contributed by atoms with Crippen molar-refractivity contribution in [3.63, 3.8) is 0 Å². The van der Waals surface area contributed by atoms with Crippen molar-refractivity contribution in [1.29, 1.82) is 5.26 Å². The molecule has 7 rings (SSSR count). The highest BCUT2D eigenvalue weighted by Crippen LogP contribution is 2.50. The summed E-state index contributed by atoms with van der Waals surface area (Å²) in [5.74, 6) is 1.48. The van der Waals surface area contributed by atoms with Gasteiger partial charge in [0.05, 0.1) is 6.61 Å². The lowest BCUT2D eigenvalue weighted by Crippen LogP contribution is -2.49. The van der Waals surface area contributed by atoms with Crippen LogP contribution in [0.25, 0.3) is 33.5 Å². The number of aromatic nitrogens is 4. The molecule has 4 heterocycles. The number of aromatic amines is 2. The summed E-state index contributed by atoms with van der Waals surface area (Å²) in [5, 5.41) is 13.5. The van der Waals surface area contributed by atoms with Crippen LogP contribution in [-0.4, -0.2) is 44.2 Å². The first kappa shape index (κ1) is 56.5. The van der Waals surface area contributed by atoms with E-state index < -0.39 is 5.97 Å². The van der Waals surface area contributed by atoms with Crippen molar-refractivity contribution in [2.45, 2.75) is 152 Å². The van der Waals surface area contributed by atoms with Crippen LogP contribution in [0.15, 0.2) is 101 Å². The SMILES string of the molecule is C=CCCCCCCCc1cc(=O)n2cc(-c3ccccc3)c(C#N)c2[nH]1.CCCCC(CC)COCNc1cc(=O)n2cc(-c3ccc(Cl)cc3)c(C(=O)OC3C(C(C)(C)C)CC(C)CC3C(C)(C)C)c2[nH]1. The second-order valence-corrected chi connectivity index (χ2v) is 22.9. The van der Waals surface area contributed by atoms with Crippen LogP contribution in [0.3, 0.4) is 0 Å². The van der Waals surface area contributed by atoms with Crippen molar-refractivity contribution >= 4 is 34.7 Å². The highest BCUT2D eigenvalue weighted by atomic mass is 35.5. The van der Waals surface area contributed by atoms with E-state index in [0.29, 0.717) is 57.3 Å². The number of H-pyrrole nitrogens is 2. The minimum atomic E-state index is -0.429. The minimum absolute atomic E-state index is 0.0519. The summed E-state index contributed by atoms with van der Waals surface area (Å²) in [5.41, 5.74) is 5.40. The summed E-state index contributed by atoms with van der Waals surface area (Å²) in [6.07, 6.45) is 19.4. The third-order valence-corrected chi connectivity index (χ3v) is 15.1. The lowest BCUT2D eigenvalue weighted by molar-refractivity contribution is -0.0922. The molecule has 0 aliphatic heterocycles. The lowest BCUT2D eigenvalue weighted by Gasteiger charge is -2.50. The number of nitrogens with zero attached hydrogens (tertiary/aromatic N) is 3. The number of allylic oxidation sites excluding steroid dienone is 1. The number of aryl methyl sites for hydroxylation is 1. The molecular formula is C61H81ClN6O5. The van der Waals surface area contributed by atoms with E-state index >= 15 is 0 Å². The molecule has 3 atom stereocenters. The van der Waals surface area contributed by atoms with Gasteiger partial charge in [0, 0.05) is 58.2 Å². The number of fused-ring (bicyclic) bond motifs is 2. The quantitative estimate of drug-likeness (QED) is 0.0282. The number of ether oxygens (including phenoxy) is 2. The van der Waals surface area contributed by atoms with Gasteiger partial charge in [0.25, 0.3) is 11.1 Å². The average Bonchev–Trinajstić information content (AvgIpc) is 3.94. The molecule has 0 amide bonds. The van der Waals surface area contributed by atoms with E-state index in [0.717, 1.165) is 73.8 Å². The van der Waals surface area contributed by atoms with Crippen LogP contribution in [0.5, 0.6) is 0 Å². The molecule has 4 aromatic heterocycles. The molecule has 0 saturated heterocycles. The van der Waals surface area contributed by atoms with Gasteiger partial charge in [-0.15, -0.1) is 6.58 Å². The van der Waals surface area contributed by atoms with Gasteiger partial charge < -0.3 is 24.8 Å². The van der Waals surface area contributed by atoms with E-state index in [1.165, 1.54) is 42.6 Å². The molecule has 12 heteroatoms. The predicted octanol–water partition coefficient (Wildman–Crippen LogP) is 15.1. The van der Waals surface area contributed by atoms with E-state index in [-0.39, 0.29) is 46.6 Å². The molecule has 0 bridgehead atoms. The number of nitriles is 1. The number of hydrogen-bond acceptors (Lipinski definition) is 7. The van der Waals surface area contributed by atoms with Gasteiger partial charge in [-0.25, -0.2) is 4.79 Å². The molecule has 1 aliphatic rings. The first-order chi connectivity index (χ1) is 34.9. The maximum atomic E-state index is 14.5. The standard InChI is InChI=1S/C38H56ClN3O4.C23H25N3O/c1-10-12-13-25(11-2)22-45-23-40-31-20-32(43)42-21-28(26-14-16-27(39)17-15-26)33(35(42)41-31)36(44)46-34-29(37(4,5)6)18-24(3)19-30(34)38(7,8)9;1-2-3-4-5-6-7-11-14-19-15-22(27)26-17-21(18-12-9-8-10-13-18)20(16-24)23(26)25-19/h14-17,20-21,24-25,29-30,34,40-41H,10-13,18-19,22-23H2,1-9H3;2,8-10,12-13,15,17,25H,1,3-7,11,14H2. The number of benzene rings is 2. The highest BCUT2D eigenvalue weighted by Gasteiger charge is 2.48. The Morgan fingerprint density at radius 2 is 1.47 bits per heavy atom. The van der Waals surface area contributed by atoms with Crippen LogP contribution >= 0.6 is 11.6 Å². The van der Waals surface area contributed by atoms with Crippen molar-refractivity contribution in [2.75, 3.05) is 18.7 Å². The molecule has 392 valence electrons. The Morgan fingerprint density at radius 3 is 2.10 bits per heavy atom. The van der Waals surface area contributed by atoms with Crippen molar-refractivity contribution in [3.05, 3.63) is 134 Å². The van der Waals surface area contributed by atoms with Crippen molar-refractivity contribution in [2.24, 2.45) is 34.5 Å². The molecule has 1 aliphatic carbocycles. The van der Waals surface area contributed by atoms with Gasteiger partial charge in [-0.3, -0.25) is 18.4 Å². The van der Waals surface area contributed by atoms with E-state index in [1.54, 1.807) is 35.0 Å². The third-order valence-electron chi connectivity index (χ3n) is 14.8. The van der Waals surface area contributed by atoms with E-state index in [9.17, 15) is 19.6 Å². The normalized spacial score (nSPS) is 17.4. The summed E-state index contributed by atoms with van der Waals surface area (Å²) < 4.78 is 15.7. The zero-order valence-electron chi connectivity index (χ0n) is 45.0. The zero-order chi connectivity index (χ0) is 52.9. The number of halogens is 1. The molecule has 1 fully saturated rings. The number of anilines is 1. The molecule has 2 aromatic carbocycles. The van der Waals surface area contributed by atoms with Gasteiger partial charge in [-0.05, 0) is 90.9 Å². The van der Waals surface area contributed by atoms with Gasteiger partial charge in [0.1, 0.15) is 47.1 Å². The van der Waals surface area contributed by atoms with Crippen LogP contribution in [0.4, 0.5) is 5.82 Å². The highest BCUT2D eigenvalue weighted by molar-refractivity contribution is 6.30. The van der Waals surface area contributed by atoms with Crippen LogP contribution in [0.1, 0.15) is 161 Å². The first-order valence-electron chi connectivity index (χ1n) is 26.8. The molecule has 0 radical (unpaired) electrons. The Hall–Kier alpha value is -5.83. The second kappa shape index (κ2) is 25.9. The minimum Gasteiger partial charge on any atom is -0.458 e. The Labute approximate surface area is 438 Å². The van der Waals surface area contributed by atoms with Crippen molar-refractivity contribution < 1.29 is 14.3 Å². The molecule has 3 N–H and O–H groups in total. The van der Waals surface area contributed by atoms with Crippen LogP contribution in [0.2, 0.25) is 5.02 Å². The fraction of sp³-hybridized carbons (Fsp3) is 0.508. The van der Waals surface area contributed by atoms with E-state index in [2.05, 4.69) is 90.2 Å². The maximum Gasteiger partial charge on any atom is 0.342 e. The van der Waals surface area contributed by atoms with Gasteiger partial charge >= 0.3 is 5.97 Å². The largest absolute Gasteiger partial charge is 0.458 e. The number of rotatable bonds is 21. The lowest BCUT2D eigenvalue weighted by atomic mass is 9.59. The number of carbonyl (C=O) groups excluding carboxylic acids is 1. The topological polar surface area (TPSA) is 146 Å². The van der Waals surface area contributed by atoms with Crippen LogP contribution < -0.4 is 16.4 Å². The molecule has 6 aromatic rings. The van der Waals surface area contributed by atoms with Crippen molar-refractivity contribution in [3.8, 4) is 28.3 Å². The van der Waals surface area contributed by atoms with Gasteiger partial charge in [0.15, 0.2) is 0 Å². The van der Waals surface area contributed by atoms with Gasteiger partial charge in [-0.1, -0.05) is 161 Å². The number of carbonyl (C=O) groups is 1. The zero-order valence-corrected chi connectivity index (χ0v) is 45.8. The van der Waals surface area contributed by atoms with E-state index in [4.69, 9.17) is 21.1 Å². The van der Waals surface area contributed by atoms with Crippen LogP contribution in [-0.2, 0) is 15.9 Å². The predicted molar refractivity (Wildman–Crippen MR) is 299 cm³/mol. The Balaban J connectivity index is 0.000000272. The average molecular weight is 1010 g/mol. The molecule has 3 unspecified atom stereocenters. The summed E-state index contributed by atoms with van der Waals surface area (Å²) >= 11 is 6.23. The molecule has 11 nitrogen and oxygen atoms in total. The summed E-state index contributed by atoms with van der Waals surface area (Å²) in [4.78, 5) is 47.2. The Morgan fingerprint density at radius 1 is 0.849 bits per heavy atom. The smallest absolute Gasteiger partial charge is 0.342 e. The third kappa shape index (κ3) is 14.7. The van der Waals surface area contributed by atoms with E-state index in [1.807, 2.05) is 48.5 Å². The van der Waals surface area contributed by atoms with Crippen LogP contribution in [0, 0.1) is 45.8 Å². The fourth-order valence-electron chi connectivity index (χ4n) is 10.5. The van der Waals surface area contributed by atoms with Crippen molar-refractivity contribution in [1.82, 2.24) is 18.8 Å². The summed E-state index contributed by atoms with van der Waals surface area (Å²) in [6.45, 7) is 24.8. The summed E-state index contributed by atoms with van der Waals surface area (Å²) in [7, 11) is 0. The second-order valence-electron chi connectivity index (χ2n) is 22.5. The molecule has 0 spiro atoms. The number of nitrogens with one attached hydrogen (secondary N) is 3. The number of unbranched alkanes of at least 4 members (excludes halogenated alkanes) is 6. The molecule has 1 saturated carbocycles.